The average Bonchev–Trinajstić information content (AvgIpc) is 2.47. The molecule has 0 bridgehead atoms. The number of amides is 1. The molecule has 0 aliphatic rings. The molecule has 0 radical (unpaired) electrons. The summed E-state index contributed by atoms with van der Waals surface area (Å²) in [5.41, 5.74) is -5.75. The van der Waals surface area contributed by atoms with Crippen molar-refractivity contribution in [3.8, 4) is 0 Å². The molecule has 17 heteroatoms. The fraction of sp³-hybridized carbons (Fsp3) is 0.364. The van der Waals surface area contributed by atoms with E-state index in [-0.39, 0.29) is 7.14 Å². The van der Waals surface area contributed by atoms with Crippen molar-refractivity contribution < 1.29 is 44.1 Å². The van der Waals surface area contributed by atoms with E-state index >= 15 is 0 Å². The number of halogens is 11. The predicted octanol–water partition coefficient (Wildman–Crippen LogP) is 4.85. The molecule has 1 N–H and O–H groups in total. The SMILES string of the molecule is O=C(NC(CS(=O)(=O)[O-])(C(F)(F)F)C(F)(F)F)c1c(I)c(I)c(I)c(I)c1I. The molecule has 0 heterocycles. The van der Waals surface area contributed by atoms with E-state index in [4.69, 9.17) is 0 Å². The highest BCUT2D eigenvalue weighted by Gasteiger charge is 2.72. The van der Waals surface area contributed by atoms with Gasteiger partial charge in [-0.15, -0.1) is 0 Å². The molecule has 0 aliphatic carbocycles. The second kappa shape index (κ2) is 9.36. The van der Waals surface area contributed by atoms with Gasteiger partial charge in [-0.2, -0.15) is 26.3 Å². The van der Waals surface area contributed by atoms with Crippen LogP contribution in [0.2, 0.25) is 0 Å². The minimum atomic E-state index is -6.31. The third-order valence-corrected chi connectivity index (χ3v) is 13.4. The van der Waals surface area contributed by atoms with E-state index in [1.54, 1.807) is 90.4 Å². The molecule has 0 unspecified atom stereocenters. The topological polar surface area (TPSA) is 86.3 Å². The number of carbonyl (C=O) groups excluding carboxylic acids is 1. The lowest BCUT2D eigenvalue weighted by molar-refractivity contribution is -0.296. The molecule has 0 atom stereocenters. The zero-order valence-electron chi connectivity index (χ0n) is 12.4. The fourth-order valence-corrected chi connectivity index (χ4v) is 8.01. The van der Waals surface area contributed by atoms with Crippen molar-refractivity contribution in [3.05, 3.63) is 23.4 Å². The standard InChI is InChI=1S/C11H4F6I5NO4S/c12-10(13,14)9(11(15,16)17,1-28(25,26)27)23-8(24)2-3(18)5(20)7(22)6(21)4(2)19/h1H2,(H,23,24)(H,25,26,27)/p-1. The first-order valence-electron chi connectivity index (χ1n) is 6.18. The molecule has 0 saturated heterocycles. The van der Waals surface area contributed by atoms with Crippen molar-refractivity contribution in [1.29, 1.82) is 0 Å². The molecule has 1 rings (SSSR count). The summed E-state index contributed by atoms with van der Waals surface area (Å²) in [5.74, 6) is -4.73. The highest BCUT2D eigenvalue weighted by atomic mass is 127. The average molecular weight is 994 g/mol. The maximum atomic E-state index is 13.4. The Bertz CT molecular complexity index is 875. The Hall–Kier alpha value is 1.83. The van der Waals surface area contributed by atoms with E-state index in [2.05, 4.69) is 0 Å². The normalized spacial score (nSPS) is 13.6. The van der Waals surface area contributed by atoms with Crippen LogP contribution in [0.25, 0.3) is 0 Å². The van der Waals surface area contributed by atoms with Crippen molar-refractivity contribution in [2.45, 2.75) is 17.9 Å². The van der Waals surface area contributed by atoms with E-state index in [0.29, 0.717) is 10.7 Å². The molecule has 5 nitrogen and oxygen atoms in total. The number of alkyl halides is 6. The van der Waals surface area contributed by atoms with Crippen LogP contribution in [-0.2, 0) is 10.1 Å². The Labute approximate surface area is 222 Å². The van der Waals surface area contributed by atoms with Crippen molar-refractivity contribution >= 4 is 129 Å². The van der Waals surface area contributed by atoms with Crippen LogP contribution in [0.4, 0.5) is 26.3 Å². The van der Waals surface area contributed by atoms with Crippen LogP contribution in [0.3, 0.4) is 0 Å². The molecular formula is C11H3F6I5NO4S-. The third kappa shape index (κ3) is 5.79. The molecule has 0 aliphatic heterocycles. The molecular weight excluding hydrogens is 991 g/mol. The van der Waals surface area contributed by atoms with E-state index < -0.39 is 45.2 Å². The quantitative estimate of drug-likeness (QED) is 0.154. The Kier molecular flexibility index (Phi) is 9.32. The molecule has 0 saturated carbocycles. The summed E-state index contributed by atoms with van der Waals surface area (Å²) >= 11 is 8.60. The van der Waals surface area contributed by atoms with Crippen molar-refractivity contribution in [2.24, 2.45) is 0 Å². The second-order valence-electron chi connectivity index (χ2n) is 5.00. The Morgan fingerprint density at radius 1 is 0.821 bits per heavy atom. The molecule has 28 heavy (non-hydrogen) atoms. The van der Waals surface area contributed by atoms with Crippen LogP contribution in [0.1, 0.15) is 10.4 Å². The van der Waals surface area contributed by atoms with Gasteiger partial charge in [-0.05, 0) is 113 Å². The Morgan fingerprint density at radius 2 is 1.14 bits per heavy atom. The van der Waals surface area contributed by atoms with E-state index in [1.165, 1.54) is 0 Å². The minimum absolute atomic E-state index is 0.0770. The van der Waals surface area contributed by atoms with E-state index in [1.807, 2.05) is 22.6 Å². The summed E-state index contributed by atoms with van der Waals surface area (Å²) in [6.07, 6.45) is -12.6. The van der Waals surface area contributed by atoms with Gasteiger partial charge in [-0.25, -0.2) is 8.42 Å². The fourth-order valence-electron chi connectivity index (χ4n) is 1.83. The van der Waals surface area contributed by atoms with E-state index in [9.17, 15) is 44.1 Å². The number of hydrogen-bond donors (Lipinski definition) is 1. The van der Waals surface area contributed by atoms with Crippen molar-refractivity contribution in [3.63, 3.8) is 0 Å². The first kappa shape index (κ1) is 27.9. The van der Waals surface area contributed by atoms with Crippen molar-refractivity contribution in [2.75, 3.05) is 5.75 Å². The zero-order chi connectivity index (χ0) is 22.5. The van der Waals surface area contributed by atoms with Gasteiger partial charge < -0.3 is 9.87 Å². The predicted molar refractivity (Wildman–Crippen MR) is 127 cm³/mol. The number of rotatable bonds is 4. The monoisotopic (exact) mass is 993 g/mol. The Balaban J connectivity index is 3.74. The van der Waals surface area contributed by atoms with Gasteiger partial charge in [0.15, 0.2) is 0 Å². The van der Waals surface area contributed by atoms with Gasteiger partial charge in [0.05, 0.1) is 21.4 Å². The molecule has 0 fully saturated rings. The molecule has 160 valence electrons. The first-order valence-corrected chi connectivity index (χ1v) is 13.1. The molecule has 0 aromatic heterocycles. The lowest BCUT2D eigenvalue weighted by Gasteiger charge is -2.38. The highest BCUT2D eigenvalue weighted by molar-refractivity contribution is 14.1. The molecule has 0 spiro atoms. The van der Waals surface area contributed by atoms with Crippen LogP contribution in [0.15, 0.2) is 0 Å². The number of hydrogen-bond acceptors (Lipinski definition) is 4. The highest BCUT2D eigenvalue weighted by Crippen LogP contribution is 2.44. The summed E-state index contributed by atoms with van der Waals surface area (Å²) in [7, 11) is -6.03. The molecule has 1 aromatic carbocycles. The lowest BCUT2D eigenvalue weighted by atomic mass is 9.99. The van der Waals surface area contributed by atoms with Gasteiger partial charge in [-0.1, -0.05) is 0 Å². The maximum absolute atomic E-state index is 13.4. The van der Waals surface area contributed by atoms with Crippen LogP contribution in [0.5, 0.6) is 0 Å². The Morgan fingerprint density at radius 3 is 1.43 bits per heavy atom. The van der Waals surface area contributed by atoms with Crippen LogP contribution in [0, 0.1) is 17.9 Å². The summed E-state index contributed by atoms with van der Waals surface area (Å²) < 4.78 is 114. The van der Waals surface area contributed by atoms with Gasteiger partial charge in [0.1, 0.15) is 0 Å². The summed E-state index contributed by atoms with van der Waals surface area (Å²) in [4.78, 5) is 12.5. The maximum Gasteiger partial charge on any atom is 0.421 e. The first-order chi connectivity index (χ1) is 12.3. The summed E-state index contributed by atoms with van der Waals surface area (Å²) in [5, 5.41) is 0.752. The van der Waals surface area contributed by atoms with Crippen LogP contribution >= 0.6 is 113 Å². The molecule has 1 amide bonds. The van der Waals surface area contributed by atoms with Gasteiger partial charge in [0.25, 0.3) is 5.91 Å². The zero-order valence-corrected chi connectivity index (χ0v) is 24.0. The largest absolute Gasteiger partial charge is 0.748 e. The van der Waals surface area contributed by atoms with Crippen molar-refractivity contribution in [1.82, 2.24) is 5.32 Å². The van der Waals surface area contributed by atoms with E-state index in [0.717, 1.165) is 5.32 Å². The summed E-state index contributed by atoms with van der Waals surface area (Å²) in [6, 6.07) is 0. The van der Waals surface area contributed by atoms with Gasteiger partial charge >= 0.3 is 12.4 Å². The second-order valence-corrected chi connectivity index (χ2v) is 11.8. The molecule has 1 aromatic rings. The third-order valence-electron chi connectivity index (χ3n) is 3.12. The summed E-state index contributed by atoms with van der Waals surface area (Å²) in [6.45, 7) is 0. The van der Waals surface area contributed by atoms with Crippen LogP contribution < -0.4 is 5.32 Å². The number of nitrogens with one attached hydrogen (secondary N) is 1. The lowest BCUT2D eigenvalue weighted by Crippen LogP contribution is -2.70. The number of benzene rings is 1. The van der Waals surface area contributed by atoms with Crippen LogP contribution in [-0.4, -0.2) is 42.5 Å². The van der Waals surface area contributed by atoms with Gasteiger partial charge in [0.2, 0.25) is 5.54 Å². The smallest absolute Gasteiger partial charge is 0.421 e. The number of carbonyl (C=O) groups is 1. The van der Waals surface area contributed by atoms with Gasteiger partial charge in [0, 0.05) is 17.9 Å². The van der Waals surface area contributed by atoms with Gasteiger partial charge in [-0.3, -0.25) is 4.79 Å². The minimum Gasteiger partial charge on any atom is -0.748 e.